The number of pyridine rings is 1. The van der Waals surface area contributed by atoms with Crippen LogP contribution in [0.3, 0.4) is 0 Å². The second kappa shape index (κ2) is 3.23. The lowest BCUT2D eigenvalue weighted by atomic mass is 9.88. The average molecular weight is 176 g/mol. The minimum absolute atomic E-state index is 0.255. The Labute approximate surface area is 75.5 Å². The maximum Gasteiger partial charge on any atom is 0.329 e. The van der Waals surface area contributed by atoms with Gasteiger partial charge in [-0.3, -0.25) is 9.78 Å². The summed E-state index contributed by atoms with van der Waals surface area (Å²) >= 11 is 0. The standard InChI is InChI=1S/C9H8N2O2/c1-9(6-10,8(12)13)7-4-2-3-5-11-7/h2-5H,1H3,(H,12,13). The Kier molecular flexibility index (Phi) is 2.29. The molecule has 0 spiro atoms. The van der Waals surface area contributed by atoms with Crippen molar-refractivity contribution in [1.82, 2.24) is 4.98 Å². The van der Waals surface area contributed by atoms with Gasteiger partial charge in [-0.15, -0.1) is 0 Å². The minimum Gasteiger partial charge on any atom is -0.480 e. The number of rotatable bonds is 2. The van der Waals surface area contributed by atoms with Gasteiger partial charge in [0, 0.05) is 6.20 Å². The summed E-state index contributed by atoms with van der Waals surface area (Å²) in [5, 5.41) is 17.6. The Hall–Kier alpha value is -1.89. The minimum atomic E-state index is -1.55. The van der Waals surface area contributed by atoms with Crippen LogP contribution in [0.1, 0.15) is 12.6 Å². The molecule has 13 heavy (non-hydrogen) atoms. The molecule has 0 fully saturated rings. The summed E-state index contributed by atoms with van der Waals surface area (Å²) in [5.41, 5.74) is -1.30. The largest absolute Gasteiger partial charge is 0.480 e. The molecule has 1 atom stereocenters. The van der Waals surface area contributed by atoms with Gasteiger partial charge in [0.2, 0.25) is 0 Å². The quantitative estimate of drug-likeness (QED) is 0.727. The first-order valence-corrected chi connectivity index (χ1v) is 3.67. The molecule has 0 aliphatic rings. The Balaban J connectivity index is 3.21. The van der Waals surface area contributed by atoms with E-state index in [9.17, 15) is 4.79 Å². The van der Waals surface area contributed by atoms with Crippen LogP contribution < -0.4 is 0 Å². The van der Waals surface area contributed by atoms with Crippen molar-refractivity contribution < 1.29 is 9.90 Å². The molecule has 0 saturated carbocycles. The van der Waals surface area contributed by atoms with Crippen LogP contribution in [0.25, 0.3) is 0 Å². The molecule has 0 amide bonds. The van der Waals surface area contributed by atoms with E-state index < -0.39 is 11.4 Å². The van der Waals surface area contributed by atoms with E-state index >= 15 is 0 Å². The van der Waals surface area contributed by atoms with Crippen molar-refractivity contribution in [2.45, 2.75) is 12.3 Å². The van der Waals surface area contributed by atoms with Crippen molar-refractivity contribution in [2.75, 3.05) is 0 Å². The maximum atomic E-state index is 10.8. The second-order valence-corrected chi connectivity index (χ2v) is 2.76. The molecule has 0 radical (unpaired) electrons. The summed E-state index contributed by atoms with van der Waals surface area (Å²) in [6, 6.07) is 6.58. The van der Waals surface area contributed by atoms with Gasteiger partial charge in [0.25, 0.3) is 0 Å². The van der Waals surface area contributed by atoms with Gasteiger partial charge in [0.05, 0.1) is 11.8 Å². The molecule has 0 saturated heterocycles. The van der Waals surface area contributed by atoms with E-state index in [2.05, 4.69) is 4.98 Å². The number of hydrogen-bond donors (Lipinski definition) is 1. The third-order valence-electron chi connectivity index (χ3n) is 1.83. The van der Waals surface area contributed by atoms with E-state index in [1.807, 2.05) is 0 Å². The average Bonchev–Trinajstić information content (AvgIpc) is 2.17. The normalized spacial score (nSPS) is 14.2. The van der Waals surface area contributed by atoms with Gasteiger partial charge in [-0.05, 0) is 19.1 Å². The predicted octanol–water partition coefficient (Wildman–Crippen LogP) is 0.947. The Morgan fingerprint density at radius 3 is 2.77 bits per heavy atom. The molecule has 1 aromatic rings. The van der Waals surface area contributed by atoms with Gasteiger partial charge in [-0.25, -0.2) is 0 Å². The van der Waals surface area contributed by atoms with Crippen LogP contribution in [0.2, 0.25) is 0 Å². The first kappa shape index (κ1) is 9.20. The first-order valence-electron chi connectivity index (χ1n) is 3.67. The van der Waals surface area contributed by atoms with Crippen molar-refractivity contribution in [2.24, 2.45) is 0 Å². The number of nitriles is 1. The van der Waals surface area contributed by atoms with Crippen LogP contribution in [0.15, 0.2) is 24.4 Å². The second-order valence-electron chi connectivity index (χ2n) is 2.76. The van der Waals surface area contributed by atoms with Crippen LogP contribution in [0.5, 0.6) is 0 Å². The number of aliphatic carboxylic acids is 1. The zero-order valence-corrected chi connectivity index (χ0v) is 7.06. The molecule has 0 aromatic carbocycles. The number of nitrogens with zero attached hydrogens (tertiary/aromatic N) is 2. The highest BCUT2D eigenvalue weighted by molar-refractivity contribution is 5.83. The molecule has 1 unspecified atom stereocenters. The van der Waals surface area contributed by atoms with E-state index in [1.54, 1.807) is 18.2 Å². The molecule has 4 heteroatoms. The maximum absolute atomic E-state index is 10.8. The lowest BCUT2D eigenvalue weighted by Crippen LogP contribution is -2.31. The zero-order chi connectivity index (χ0) is 9.90. The van der Waals surface area contributed by atoms with Crippen LogP contribution in [0.4, 0.5) is 0 Å². The summed E-state index contributed by atoms with van der Waals surface area (Å²) in [7, 11) is 0. The topological polar surface area (TPSA) is 74.0 Å². The van der Waals surface area contributed by atoms with E-state index in [4.69, 9.17) is 10.4 Å². The fraction of sp³-hybridized carbons (Fsp3) is 0.222. The highest BCUT2D eigenvalue weighted by Crippen LogP contribution is 2.20. The Morgan fingerprint density at radius 1 is 1.69 bits per heavy atom. The van der Waals surface area contributed by atoms with Gasteiger partial charge in [0.15, 0.2) is 5.41 Å². The lowest BCUT2D eigenvalue weighted by Gasteiger charge is -2.14. The molecule has 0 aliphatic carbocycles. The Bertz CT molecular complexity index is 356. The van der Waals surface area contributed by atoms with Crippen molar-refractivity contribution in [3.8, 4) is 6.07 Å². The molecule has 1 aromatic heterocycles. The highest BCUT2D eigenvalue weighted by Gasteiger charge is 2.36. The molecule has 1 heterocycles. The molecule has 66 valence electrons. The summed E-state index contributed by atoms with van der Waals surface area (Å²) in [6.07, 6.45) is 1.47. The van der Waals surface area contributed by atoms with E-state index in [1.165, 1.54) is 19.2 Å². The number of aromatic nitrogens is 1. The summed E-state index contributed by atoms with van der Waals surface area (Å²) in [5.74, 6) is -1.19. The fourth-order valence-electron chi connectivity index (χ4n) is 0.873. The number of hydrogen-bond acceptors (Lipinski definition) is 3. The van der Waals surface area contributed by atoms with Gasteiger partial charge >= 0.3 is 5.97 Å². The van der Waals surface area contributed by atoms with Gasteiger partial charge in [-0.1, -0.05) is 6.07 Å². The monoisotopic (exact) mass is 176 g/mol. The predicted molar refractivity (Wildman–Crippen MR) is 44.8 cm³/mol. The lowest BCUT2D eigenvalue weighted by molar-refractivity contribution is -0.141. The molecular weight excluding hydrogens is 168 g/mol. The smallest absolute Gasteiger partial charge is 0.329 e. The van der Waals surface area contributed by atoms with E-state index in [0.717, 1.165) is 0 Å². The number of carbonyl (C=O) groups is 1. The zero-order valence-electron chi connectivity index (χ0n) is 7.06. The van der Waals surface area contributed by atoms with Crippen LogP contribution >= 0.6 is 0 Å². The van der Waals surface area contributed by atoms with Crippen molar-refractivity contribution >= 4 is 5.97 Å². The van der Waals surface area contributed by atoms with Gasteiger partial charge in [-0.2, -0.15) is 5.26 Å². The molecular formula is C9H8N2O2. The van der Waals surface area contributed by atoms with E-state index in [0.29, 0.717) is 0 Å². The third-order valence-corrected chi connectivity index (χ3v) is 1.83. The van der Waals surface area contributed by atoms with E-state index in [-0.39, 0.29) is 5.69 Å². The van der Waals surface area contributed by atoms with Crippen LogP contribution in [0, 0.1) is 11.3 Å². The van der Waals surface area contributed by atoms with Crippen LogP contribution in [-0.2, 0) is 10.2 Å². The van der Waals surface area contributed by atoms with Gasteiger partial charge in [0.1, 0.15) is 0 Å². The summed E-state index contributed by atoms with van der Waals surface area (Å²) in [4.78, 5) is 14.6. The number of carboxylic acids is 1. The highest BCUT2D eigenvalue weighted by atomic mass is 16.4. The molecule has 0 bridgehead atoms. The Morgan fingerprint density at radius 2 is 2.38 bits per heavy atom. The fourth-order valence-corrected chi connectivity index (χ4v) is 0.873. The molecule has 0 aliphatic heterocycles. The molecule has 1 N–H and O–H groups in total. The first-order chi connectivity index (χ1) is 6.11. The number of carboxylic acid groups (broad SMARTS) is 1. The third kappa shape index (κ3) is 1.49. The van der Waals surface area contributed by atoms with Crippen molar-refractivity contribution in [3.05, 3.63) is 30.1 Å². The SMILES string of the molecule is CC(C#N)(C(=O)O)c1ccccn1. The van der Waals surface area contributed by atoms with Crippen molar-refractivity contribution in [1.29, 1.82) is 5.26 Å². The van der Waals surface area contributed by atoms with Crippen LogP contribution in [-0.4, -0.2) is 16.1 Å². The summed E-state index contributed by atoms with van der Waals surface area (Å²) in [6.45, 7) is 1.33. The summed E-state index contributed by atoms with van der Waals surface area (Å²) < 4.78 is 0. The molecule has 4 nitrogen and oxygen atoms in total. The van der Waals surface area contributed by atoms with Gasteiger partial charge < -0.3 is 5.11 Å². The van der Waals surface area contributed by atoms with Crippen molar-refractivity contribution in [3.63, 3.8) is 0 Å². The molecule has 1 rings (SSSR count).